The summed E-state index contributed by atoms with van der Waals surface area (Å²) in [5.41, 5.74) is 1.97. The molecular formula is C21H20F2N4O3. The van der Waals surface area contributed by atoms with E-state index in [0.29, 0.717) is 18.8 Å². The van der Waals surface area contributed by atoms with Crippen molar-refractivity contribution in [2.24, 2.45) is 0 Å². The molecule has 1 saturated heterocycles. The number of methoxy groups -OCH3 is 1. The first-order chi connectivity index (χ1) is 14.5. The molecule has 1 fully saturated rings. The van der Waals surface area contributed by atoms with Crippen LogP contribution in [0.25, 0.3) is 0 Å². The smallest absolute Gasteiger partial charge is 0.230 e. The third kappa shape index (κ3) is 4.22. The quantitative estimate of drug-likeness (QED) is 0.643. The maximum Gasteiger partial charge on any atom is 0.230 e. The Balaban J connectivity index is 1.33. The molecule has 0 unspecified atom stereocenters. The molecule has 2 heterocycles. The van der Waals surface area contributed by atoms with Crippen LogP contribution in [-0.2, 0) is 32.8 Å². The third-order valence-electron chi connectivity index (χ3n) is 5.02. The lowest BCUT2D eigenvalue weighted by Crippen LogP contribution is -2.48. The minimum absolute atomic E-state index is 0.152. The van der Waals surface area contributed by atoms with Gasteiger partial charge >= 0.3 is 0 Å². The number of halogens is 2. The van der Waals surface area contributed by atoms with Crippen LogP contribution in [0, 0.1) is 11.6 Å². The zero-order chi connectivity index (χ0) is 21.1. The van der Waals surface area contributed by atoms with E-state index in [9.17, 15) is 13.6 Å². The van der Waals surface area contributed by atoms with Crippen molar-refractivity contribution >= 4 is 11.7 Å². The molecule has 30 heavy (non-hydrogen) atoms. The monoisotopic (exact) mass is 414 g/mol. The van der Waals surface area contributed by atoms with Crippen molar-refractivity contribution in [2.75, 3.05) is 25.6 Å². The largest absolute Gasteiger partial charge is 0.375 e. The van der Waals surface area contributed by atoms with Gasteiger partial charge in [0.2, 0.25) is 5.91 Å². The maximum atomic E-state index is 13.3. The van der Waals surface area contributed by atoms with Crippen LogP contribution < -0.4 is 5.32 Å². The number of hydrogen-bond acceptors (Lipinski definition) is 5. The summed E-state index contributed by atoms with van der Waals surface area (Å²) in [5, 5.41) is 10.9. The van der Waals surface area contributed by atoms with Crippen LogP contribution in [-0.4, -0.2) is 41.2 Å². The van der Waals surface area contributed by atoms with E-state index in [4.69, 9.17) is 9.47 Å². The number of ether oxygens (including phenoxy) is 2. The van der Waals surface area contributed by atoms with Gasteiger partial charge in [-0.15, -0.1) is 5.10 Å². The number of aromatic nitrogens is 3. The molecule has 4 rings (SSSR count). The van der Waals surface area contributed by atoms with Crippen LogP contribution in [0.4, 0.5) is 14.6 Å². The van der Waals surface area contributed by atoms with E-state index in [1.165, 1.54) is 17.1 Å². The Morgan fingerprint density at radius 3 is 2.53 bits per heavy atom. The molecule has 156 valence electrons. The van der Waals surface area contributed by atoms with Crippen LogP contribution in [0.15, 0.2) is 48.7 Å². The number of carbonyl (C=O) groups excluding carboxylic acids is 1. The average Bonchev–Trinajstić information content (AvgIpc) is 3.12. The van der Waals surface area contributed by atoms with Gasteiger partial charge < -0.3 is 14.8 Å². The van der Waals surface area contributed by atoms with Gasteiger partial charge in [-0.3, -0.25) is 4.79 Å². The van der Waals surface area contributed by atoms with Crippen molar-refractivity contribution in [1.82, 2.24) is 15.0 Å². The van der Waals surface area contributed by atoms with Gasteiger partial charge in [0, 0.05) is 7.11 Å². The van der Waals surface area contributed by atoms with Crippen LogP contribution in [0.2, 0.25) is 0 Å². The minimum atomic E-state index is -0.930. The molecule has 9 heteroatoms. The summed E-state index contributed by atoms with van der Waals surface area (Å²) in [5.74, 6) is -1.80. The Morgan fingerprint density at radius 2 is 1.90 bits per heavy atom. The summed E-state index contributed by atoms with van der Waals surface area (Å²) < 4.78 is 37.1. The second-order valence-corrected chi connectivity index (χ2v) is 7.12. The fraction of sp³-hybridized carbons (Fsp3) is 0.286. The normalized spacial score (nSPS) is 14.9. The van der Waals surface area contributed by atoms with Crippen molar-refractivity contribution in [3.8, 4) is 0 Å². The molecule has 1 amide bonds. The lowest BCUT2D eigenvalue weighted by Gasteiger charge is -2.40. The van der Waals surface area contributed by atoms with Crippen LogP contribution in [0.5, 0.6) is 0 Å². The number of rotatable bonds is 7. The summed E-state index contributed by atoms with van der Waals surface area (Å²) in [6, 6.07) is 11.2. The molecule has 1 aromatic heterocycles. The maximum absolute atomic E-state index is 13.3. The number of benzene rings is 2. The predicted octanol–water partition coefficient (Wildman–Crippen LogP) is 2.66. The summed E-state index contributed by atoms with van der Waals surface area (Å²) in [4.78, 5) is 13.6. The minimum Gasteiger partial charge on any atom is -0.375 e. The summed E-state index contributed by atoms with van der Waals surface area (Å²) in [6.45, 7) is 1.19. The van der Waals surface area contributed by atoms with Gasteiger partial charge in [-0.2, -0.15) is 9.90 Å². The fourth-order valence-electron chi connectivity index (χ4n) is 3.22. The number of carbonyl (C=O) groups is 1. The van der Waals surface area contributed by atoms with E-state index in [-0.39, 0.29) is 24.7 Å². The predicted molar refractivity (Wildman–Crippen MR) is 104 cm³/mol. The average molecular weight is 414 g/mol. The van der Waals surface area contributed by atoms with Gasteiger partial charge in [-0.25, -0.2) is 8.78 Å². The lowest BCUT2D eigenvalue weighted by molar-refractivity contribution is -0.202. The molecule has 0 atom stereocenters. The molecule has 0 bridgehead atoms. The zero-order valence-corrected chi connectivity index (χ0v) is 16.3. The molecule has 2 aromatic carbocycles. The number of nitrogens with one attached hydrogen (secondary N) is 1. The fourth-order valence-corrected chi connectivity index (χ4v) is 3.22. The van der Waals surface area contributed by atoms with Crippen molar-refractivity contribution in [3.63, 3.8) is 0 Å². The molecule has 0 saturated carbocycles. The zero-order valence-electron chi connectivity index (χ0n) is 16.3. The molecule has 3 aromatic rings. The van der Waals surface area contributed by atoms with E-state index in [0.717, 1.165) is 23.3 Å². The van der Waals surface area contributed by atoms with Crippen molar-refractivity contribution < 1.29 is 23.0 Å². The van der Waals surface area contributed by atoms with Gasteiger partial charge in [-0.1, -0.05) is 30.3 Å². The molecule has 1 N–H and O–H groups in total. The number of anilines is 1. The second-order valence-electron chi connectivity index (χ2n) is 7.12. The van der Waals surface area contributed by atoms with Gasteiger partial charge in [-0.05, 0) is 28.8 Å². The first-order valence-corrected chi connectivity index (χ1v) is 9.34. The van der Waals surface area contributed by atoms with E-state index in [1.807, 2.05) is 24.3 Å². The number of nitrogens with zero attached hydrogens (tertiary/aromatic N) is 3. The third-order valence-corrected chi connectivity index (χ3v) is 5.02. The number of hydrogen-bond donors (Lipinski definition) is 1. The molecular weight excluding hydrogens is 394 g/mol. The van der Waals surface area contributed by atoms with Crippen molar-refractivity contribution in [2.45, 2.75) is 18.6 Å². The molecule has 0 spiro atoms. The van der Waals surface area contributed by atoms with E-state index < -0.39 is 17.2 Å². The highest BCUT2D eigenvalue weighted by Gasteiger charge is 2.40. The van der Waals surface area contributed by atoms with E-state index >= 15 is 0 Å². The Kier molecular flexibility index (Phi) is 5.56. The molecule has 0 aliphatic carbocycles. The Hall–Kier alpha value is -3.17. The lowest BCUT2D eigenvalue weighted by atomic mass is 9.91. The Bertz CT molecular complexity index is 1040. The van der Waals surface area contributed by atoms with Gasteiger partial charge in [0.1, 0.15) is 5.60 Å². The van der Waals surface area contributed by atoms with Crippen LogP contribution >= 0.6 is 0 Å². The van der Waals surface area contributed by atoms with Crippen LogP contribution in [0.1, 0.15) is 16.7 Å². The van der Waals surface area contributed by atoms with Crippen molar-refractivity contribution in [3.05, 3.63) is 77.0 Å². The Morgan fingerprint density at radius 1 is 1.17 bits per heavy atom. The highest BCUT2D eigenvalue weighted by molar-refractivity contribution is 5.91. The van der Waals surface area contributed by atoms with E-state index in [1.54, 1.807) is 7.11 Å². The highest BCUT2D eigenvalue weighted by atomic mass is 19.2. The topological polar surface area (TPSA) is 78.3 Å². The summed E-state index contributed by atoms with van der Waals surface area (Å²) in [6.07, 6.45) is 1.58. The van der Waals surface area contributed by atoms with Crippen LogP contribution in [0.3, 0.4) is 0 Å². The molecule has 7 nitrogen and oxygen atoms in total. The summed E-state index contributed by atoms with van der Waals surface area (Å²) in [7, 11) is 1.66. The Labute approximate surface area is 171 Å². The molecule has 1 aliphatic rings. The molecule has 0 radical (unpaired) electrons. The highest BCUT2D eigenvalue weighted by Crippen LogP contribution is 2.33. The van der Waals surface area contributed by atoms with E-state index in [2.05, 4.69) is 15.5 Å². The SMILES string of the molecule is COC1(c2ccc(CC(=O)Nc3cnn(Cc4ccc(F)c(F)c4)n3)cc2)COC1. The first-order valence-electron chi connectivity index (χ1n) is 9.34. The second kappa shape index (κ2) is 8.29. The molecule has 1 aliphatic heterocycles. The van der Waals surface area contributed by atoms with Gasteiger partial charge in [0.05, 0.1) is 32.4 Å². The van der Waals surface area contributed by atoms with Gasteiger partial charge in [0.25, 0.3) is 0 Å². The first kappa shape index (κ1) is 20.1. The standard InChI is InChI=1S/C21H20F2N4O3/c1-29-21(12-30-13-21)16-5-2-14(3-6-16)9-20(28)25-19-10-24-27(26-19)11-15-4-7-17(22)18(23)8-15/h2-8,10H,9,11-13H2,1H3,(H,25,26,28). The summed E-state index contributed by atoms with van der Waals surface area (Å²) >= 11 is 0. The van der Waals surface area contributed by atoms with Gasteiger partial charge in [0.15, 0.2) is 17.5 Å². The number of amides is 1. The van der Waals surface area contributed by atoms with Crippen molar-refractivity contribution in [1.29, 1.82) is 0 Å².